The highest BCUT2D eigenvalue weighted by molar-refractivity contribution is 5.88. The Morgan fingerprint density at radius 3 is 2.65 bits per heavy atom. The summed E-state index contributed by atoms with van der Waals surface area (Å²) in [6.45, 7) is 5.87. The van der Waals surface area contributed by atoms with Gasteiger partial charge >= 0.3 is 5.97 Å². The van der Waals surface area contributed by atoms with Gasteiger partial charge < -0.3 is 10.0 Å². The van der Waals surface area contributed by atoms with E-state index in [4.69, 9.17) is 5.11 Å². The zero-order valence-electron chi connectivity index (χ0n) is 10.2. The highest BCUT2D eigenvalue weighted by Gasteiger charge is 2.14. The summed E-state index contributed by atoms with van der Waals surface area (Å²) in [5.41, 5.74) is 1.05. The van der Waals surface area contributed by atoms with E-state index in [1.165, 1.54) is 25.5 Å². The Balaban J connectivity index is 1.92. The van der Waals surface area contributed by atoms with Gasteiger partial charge in [0.25, 0.3) is 0 Å². The second kappa shape index (κ2) is 5.31. The lowest BCUT2D eigenvalue weighted by Gasteiger charge is -2.26. The van der Waals surface area contributed by atoms with Gasteiger partial charge in [0, 0.05) is 12.2 Å². The van der Waals surface area contributed by atoms with Gasteiger partial charge in [-0.05, 0) is 32.9 Å². The molecule has 2 rings (SSSR count). The molecule has 5 heteroatoms. The number of hydrogen-bond donors (Lipinski definition) is 1. The number of hydrogen-bond acceptors (Lipinski definition) is 3. The zero-order valence-corrected chi connectivity index (χ0v) is 10.2. The maximum Gasteiger partial charge on any atom is 0.339 e. The van der Waals surface area contributed by atoms with Crippen molar-refractivity contribution in [2.45, 2.75) is 32.7 Å². The molecule has 0 aliphatic carbocycles. The minimum Gasteiger partial charge on any atom is -0.478 e. The molecule has 0 aromatic carbocycles. The summed E-state index contributed by atoms with van der Waals surface area (Å²) in [4.78, 5) is 13.3. The molecule has 0 saturated carbocycles. The summed E-state index contributed by atoms with van der Waals surface area (Å²) < 4.78 is 1.79. The van der Waals surface area contributed by atoms with Gasteiger partial charge in [0.15, 0.2) is 0 Å². The maximum atomic E-state index is 10.9. The first kappa shape index (κ1) is 12.1. The second-order valence-corrected chi connectivity index (χ2v) is 4.57. The SMILES string of the molecule is Cc1c(C(=O)O)cnn1CCN1CCCCC1. The van der Waals surface area contributed by atoms with Crippen molar-refractivity contribution in [2.24, 2.45) is 0 Å². The molecule has 17 heavy (non-hydrogen) atoms. The van der Waals surface area contributed by atoms with Crippen LogP contribution in [0.2, 0.25) is 0 Å². The third kappa shape index (κ3) is 2.85. The molecule has 0 unspecified atom stereocenters. The molecular formula is C12H19N3O2. The molecule has 5 nitrogen and oxygen atoms in total. The highest BCUT2D eigenvalue weighted by Crippen LogP contribution is 2.10. The molecule has 0 spiro atoms. The predicted molar refractivity (Wildman–Crippen MR) is 64.2 cm³/mol. The van der Waals surface area contributed by atoms with E-state index in [0.717, 1.165) is 31.9 Å². The maximum absolute atomic E-state index is 10.9. The van der Waals surface area contributed by atoms with Gasteiger partial charge in [-0.15, -0.1) is 0 Å². The Bertz CT molecular complexity index is 394. The molecule has 1 aliphatic rings. The van der Waals surface area contributed by atoms with Gasteiger partial charge in [-0.25, -0.2) is 4.79 Å². The van der Waals surface area contributed by atoms with Crippen LogP contribution in [0.15, 0.2) is 6.20 Å². The molecule has 1 aromatic rings. The number of aromatic carboxylic acids is 1. The summed E-state index contributed by atoms with van der Waals surface area (Å²) in [6, 6.07) is 0. The number of aromatic nitrogens is 2. The van der Waals surface area contributed by atoms with Crippen molar-refractivity contribution in [3.8, 4) is 0 Å². The van der Waals surface area contributed by atoms with Crippen LogP contribution in [-0.4, -0.2) is 45.4 Å². The number of carboxylic acids is 1. The van der Waals surface area contributed by atoms with Crippen LogP contribution in [-0.2, 0) is 6.54 Å². The van der Waals surface area contributed by atoms with Crippen molar-refractivity contribution in [1.29, 1.82) is 0 Å². The normalized spacial score (nSPS) is 17.2. The lowest BCUT2D eigenvalue weighted by atomic mass is 10.1. The number of rotatable bonds is 4. The Labute approximate surface area is 101 Å². The molecule has 0 radical (unpaired) electrons. The molecule has 0 bridgehead atoms. The van der Waals surface area contributed by atoms with Crippen LogP contribution in [0.4, 0.5) is 0 Å². The van der Waals surface area contributed by atoms with E-state index in [1.54, 1.807) is 4.68 Å². The van der Waals surface area contributed by atoms with Crippen LogP contribution in [0.5, 0.6) is 0 Å². The zero-order chi connectivity index (χ0) is 12.3. The number of nitrogens with zero attached hydrogens (tertiary/aromatic N) is 3. The quantitative estimate of drug-likeness (QED) is 0.859. The minimum atomic E-state index is -0.897. The smallest absolute Gasteiger partial charge is 0.339 e. The van der Waals surface area contributed by atoms with Gasteiger partial charge in [-0.3, -0.25) is 4.68 Å². The van der Waals surface area contributed by atoms with Gasteiger partial charge in [-0.2, -0.15) is 5.10 Å². The first-order chi connectivity index (χ1) is 8.18. The summed E-state index contributed by atoms with van der Waals surface area (Å²) in [5, 5.41) is 13.1. The molecule has 1 fully saturated rings. The fraction of sp³-hybridized carbons (Fsp3) is 0.667. The minimum absolute atomic E-state index is 0.309. The van der Waals surface area contributed by atoms with Crippen LogP contribution >= 0.6 is 0 Å². The monoisotopic (exact) mass is 237 g/mol. The first-order valence-corrected chi connectivity index (χ1v) is 6.16. The second-order valence-electron chi connectivity index (χ2n) is 4.57. The van der Waals surface area contributed by atoms with Crippen molar-refractivity contribution < 1.29 is 9.90 Å². The number of carboxylic acid groups (broad SMARTS) is 1. The van der Waals surface area contributed by atoms with E-state index < -0.39 is 5.97 Å². The Morgan fingerprint density at radius 1 is 1.35 bits per heavy atom. The third-order valence-corrected chi connectivity index (χ3v) is 3.41. The van der Waals surface area contributed by atoms with E-state index in [-0.39, 0.29) is 0 Å². The standard InChI is InChI=1S/C12H19N3O2/c1-10-11(12(16)17)9-13-15(10)8-7-14-5-3-2-4-6-14/h9H,2-8H2,1H3,(H,16,17). The van der Waals surface area contributed by atoms with E-state index in [1.807, 2.05) is 6.92 Å². The van der Waals surface area contributed by atoms with Crippen LogP contribution in [0.1, 0.15) is 35.3 Å². The summed E-state index contributed by atoms with van der Waals surface area (Å²) >= 11 is 0. The molecule has 0 atom stereocenters. The number of carbonyl (C=O) groups is 1. The fourth-order valence-corrected chi connectivity index (χ4v) is 2.30. The Morgan fingerprint density at radius 2 is 2.06 bits per heavy atom. The Hall–Kier alpha value is -1.36. The largest absolute Gasteiger partial charge is 0.478 e. The lowest BCUT2D eigenvalue weighted by Crippen LogP contribution is -2.32. The highest BCUT2D eigenvalue weighted by atomic mass is 16.4. The molecule has 0 amide bonds. The summed E-state index contributed by atoms with van der Waals surface area (Å²) in [6.07, 6.45) is 5.32. The summed E-state index contributed by atoms with van der Waals surface area (Å²) in [7, 11) is 0. The van der Waals surface area contributed by atoms with Crippen molar-refractivity contribution >= 4 is 5.97 Å². The molecule has 1 aliphatic heterocycles. The van der Waals surface area contributed by atoms with Gasteiger partial charge in [0.2, 0.25) is 0 Å². The molecule has 2 heterocycles. The number of piperidine rings is 1. The molecule has 1 saturated heterocycles. The van der Waals surface area contributed by atoms with Crippen molar-refractivity contribution in [1.82, 2.24) is 14.7 Å². The van der Waals surface area contributed by atoms with E-state index in [9.17, 15) is 4.79 Å². The molecular weight excluding hydrogens is 218 g/mol. The van der Waals surface area contributed by atoms with Crippen molar-refractivity contribution in [2.75, 3.05) is 19.6 Å². The van der Waals surface area contributed by atoms with Crippen LogP contribution in [0, 0.1) is 6.92 Å². The summed E-state index contributed by atoms with van der Waals surface area (Å²) in [5.74, 6) is -0.897. The van der Waals surface area contributed by atoms with E-state index in [0.29, 0.717) is 5.56 Å². The lowest BCUT2D eigenvalue weighted by molar-refractivity contribution is 0.0696. The fourth-order valence-electron chi connectivity index (χ4n) is 2.30. The van der Waals surface area contributed by atoms with Gasteiger partial charge in [-0.1, -0.05) is 6.42 Å². The average molecular weight is 237 g/mol. The molecule has 1 N–H and O–H groups in total. The van der Waals surface area contributed by atoms with E-state index in [2.05, 4.69) is 10.00 Å². The topological polar surface area (TPSA) is 58.4 Å². The first-order valence-electron chi connectivity index (χ1n) is 6.16. The predicted octanol–water partition coefficient (Wildman–Crippen LogP) is 1.38. The van der Waals surface area contributed by atoms with Crippen molar-refractivity contribution in [3.63, 3.8) is 0 Å². The average Bonchev–Trinajstić information content (AvgIpc) is 2.69. The molecule has 1 aromatic heterocycles. The van der Waals surface area contributed by atoms with Crippen molar-refractivity contribution in [3.05, 3.63) is 17.5 Å². The van der Waals surface area contributed by atoms with Crippen LogP contribution < -0.4 is 0 Å². The Kier molecular flexibility index (Phi) is 3.78. The van der Waals surface area contributed by atoms with Gasteiger partial charge in [0.05, 0.1) is 12.7 Å². The van der Waals surface area contributed by atoms with Crippen LogP contribution in [0.25, 0.3) is 0 Å². The molecule has 94 valence electrons. The van der Waals surface area contributed by atoms with Gasteiger partial charge in [0.1, 0.15) is 5.56 Å². The number of likely N-dealkylation sites (tertiary alicyclic amines) is 1. The van der Waals surface area contributed by atoms with Crippen LogP contribution in [0.3, 0.4) is 0 Å². The van der Waals surface area contributed by atoms with E-state index >= 15 is 0 Å². The third-order valence-electron chi connectivity index (χ3n) is 3.41.